The molecule has 1 aromatic carbocycles. The van der Waals surface area contributed by atoms with Crippen molar-refractivity contribution in [2.24, 2.45) is 0 Å². The van der Waals surface area contributed by atoms with Crippen molar-refractivity contribution in [1.29, 1.82) is 0 Å². The van der Waals surface area contributed by atoms with Gasteiger partial charge >= 0.3 is 0 Å². The van der Waals surface area contributed by atoms with Crippen molar-refractivity contribution in [3.05, 3.63) is 33.3 Å². The van der Waals surface area contributed by atoms with Crippen LogP contribution in [0.4, 0.5) is 0 Å². The van der Waals surface area contributed by atoms with Crippen LogP contribution in [0, 0.1) is 0 Å². The number of benzene rings is 1. The maximum Gasteiger partial charge on any atom is 0.255 e. The first-order valence-corrected chi connectivity index (χ1v) is 6.41. The maximum atomic E-state index is 12.1. The lowest BCUT2D eigenvalue weighted by Gasteiger charge is -2.20. The van der Waals surface area contributed by atoms with E-state index in [9.17, 15) is 9.59 Å². The van der Waals surface area contributed by atoms with Crippen LogP contribution in [-0.2, 0) is 4.79 Å². The number of hydrogen-bond acceptors (Lipinski definition) is 2. The molecule has 0 atom stereocenters. The lowest BCUT2D eigenvalue weighted by Crippen LogP contribution is -2.37. The van der Waals surface area contributed by atoms with E-state index in [2.05, 4.69) is 15.9 Å². The quantitative estimate of drug-likeness (QED) is 0.851. The van der Waals surface area contributed by atoms with E-state index in [1.165, 1.54) is 9.80 Å². The normalized spacial score (nSPS) is 10.1. The summed E-state index contributed by atoms with van der Waals surface area (Å²) in [4.78, 5) is 26.4. The minimum atomic E-state index is -0.281. The molecule has 0 saturated carbocycles. The largest absolute Gasteiger partial charge is 0.347 e. The van der Waals surface area contributed by atoms with Gasteiger partial charge in [0.15, 0.2) is 0 Å². The maximum absolute atomic E-state index is 12.1. The van der Waals surface area contributed by atoms with E-state index in [0.717, 1.165) is 0 Å². The molecule has 0 N–H and O–H groups in total. The predicted octanol–water partition coefficient (Wildman–Crippen LogP) is 2.26. The Morgan fingerprint density at radius 2 is 1.89 bits per heavy atom. The molecule has 18 heavy (non-hydrogen) atoms. The number of likely N-dealkylation sites (N-methyl/N-ethyl adjacent to an activating group) is 2. The molecule has 0 radical (unpaired) electrons. The molecule has 98 valence electrons. The van der Waals surface area contributed by atoms with Crippen molar-refractivity contribution in [2.45, 2.75) is 0 Å². The predicted molar refractivity (Wildman–Crippen MR) is 74.8 cm³/mol. The Hall–Kier alpha value is -1.07. The zero-order valence-electron chi connectivity index (χ0n) is 10.4. The van der Waals surface area contributed by atoms with Crippen LogP contribution in [0.15, 0.2) is 22.7 Å². The first kappa shape index (κ1) is 15.0. The summed E-state index contributed by atoms with van der Waals surface area (Å²) in [7, 11) is 4.86. The SMILES string of the molecule is CN(C)C(=O)CN(C)C(=O)c1cccc(Br)c1Cl. The van der Waals surface area contributed by atoms with Gasteiger partial charge in [0.1, 0.15) is 0 Å². The highest BCUT2D eigenvalue weighted by Gasteiger charge is 2.19. The Kier molecular flexibility index (Phi) is 5.16. The van der Waals surface area contributed by atoms with Gasteiger partial charge in [-0.1, -0.05) is 17.7 Å². The number of hydrogen-bond donors (Lipinski definition) is 0. The van der Waals surface area contributed by atoms with Gasteiger partial charge in [-0.2, -0.15) is 0 Å². The minimum absolute atomic E-state index is 0.0225. The summed E-state index contributed by atoms with van der Waals surface area (Å²) in [6, 6.07) is 5.11. The van der Waals surface area contributed by atoms with Crippen molar-refractivity contribution in [3.8, 4) is 0 Å². The van der Waals surface area contributed by atoms with E-state index in [0.29, 0.717) is 15.1 Å². The van der Waals surface area contributed by atoms with Crippen LogP contribution in [0.1, 0.15) is 10.4 Å². The first-order chi connectivity index (χ1) is 8.34. The van der Waals surface area contributed by atoms with Crippen LogP contribution >= 0.6 is 27.5 Å². The lowest BCUT2D eigenvalue weighted by atomic mass is 10.2. The summed E-state index contributed by atoms with van der Waals surface area (Å²) in [5.41, 5.74) is 0.375. The van der Waals surface area contributed by atoms with Gasteiger partial charge in [0.2, 0.25) is 5.91 Å². The van der Waals surface area contributed by atoms with Crippen molar-refractivity contribution in [1.82, 2.24) is 9.80 Å². The van der Waals surface area contributed by atoms with E-state index < -0.39 is 0 Å². The number of carbonyl (C=O) groups is 2. The fourth-order valence-electron chi connectivity index (χ4n) is 1.29. The summed E-state index contributed by atoms with van der Waals surface area (Å²) in [5, 5.41) is 0.353. The molecule has 1 aromatic rings. The number of nitrogens with zero attached hydrogens (tertiary/aromatic N) is 2. The molecule has 0 fully saturated rings. The van der Waals surface area contributed by atoms with Crippen molar-refractivity contribution in [2.75, 3.05) is 27.7 Å². The summed E-state index contributed by atoms with van der Waals surface area (Å²) >= 11 is 9.30. The number of rotatable bonds is 3. The molecule has 6 heteroatoms. The Bertz CT molecular complexity index is 477. The summed E-state index contributed by atoms with van der Waals surface area (Å²) in [5.74, 6) is -0.423. The standard InChI is InChI=1S/C12H14BrClN2O2/c1-15(2)10(17)7-16(3)12(18)8-5-4-6-9(13)11(8)14/h4-6H,7H2,1-3H3. The van der Waals surface area contributed by atoms with Gasteiger partial charge in [0.25, 0.3) is 5.91 Å². The average Bonchev–Trinajstić information content (AvgIpc) is 2.31. The number of amides is 2. The molecule has 0 aromatic heterocycles. The fraction of sp³-hybridized carbons (Fsp3) is 0.333. The van der Waals surface area contributed by atoms with Gasteiger partial charge in [-0.05, 0) is 28.1 Å². The van der Waals surface area contributed by atoms with Gasteiger partial charge in [-0.3, -0.25) is 9.59 Å². The highest BCUT2D eigenvalue weighted by Crippen LogP contribution is 2.26. The zero-order chi connectivity index (χ0) is 13.9. The number of halogens is 2. The first-order valence-electron chi connectivity index (χ1n) is 5.24. The minimum Gasteiger partial charge on any atom is -0.347 e. The summed E-state index contributed by atoms with van der Waals surface area (Å²) < 4.78 is 0.655. The van der Waals surface area contributed by atoms with Crippen LogP contribution in [0.5, 0.6) is 0 Å². The molecular weight excluding hydrogens is 320 g/mol. The number of carbonyl (C=O) groups excluding carboxylic acids is 2. The fourth-order valence-corrected chi connectivity index (χ4v) is 1.86. The third kappa shape index (κ3) is 3.46. The molecule has 0 bridgehead atoms. The van der Waals surface area contributed by atoms with Crippen molar-refractivity contribution < 1.29 is 9.59 Å². The van der Waals surface area contributed by atoms with Gasteiger partial charge < -0.3 is 9.80 Å². The van der Waals surface area contributed by atoms with Gasteiger partial charge in [0.05, 0.1) is 17.1 Å². The van der Waals surface area contributed by atoms with Gasteiger partial charge in [-0.15, -0.1) is 0 Å². The molecule has 0 unspecified atom stereocenters. The molecule has 0 aliphatic rings. The van der Waals surface area contributed by atoms with E-state index >= 15 is 0 Å². The van der Waals surface area contributed by atoms with Crippen molar-refractivity contribution >= 4 is 39.3 Å². The van der Waals surface area contributed by atoms with E-state index in [4.69, 9.17) is 11.6 Å². The third-order valence-electron chi connectivity index (χ3n) is 2.40. The molecule has 0 saturated heterocycles. The molecule has 2 amide bonds. The smallest absolute Gasteiger partial charge is 0.255 e. The zero-order valence-corrected chi connectivity index (χ0v) is 12.7. The lowest BCUT2D eigenvalue weighted by molar-refractivity contribution is -0.129. The van der Waals surface area contributed by atoms with Gasteiger partial charge in [-0.25, -0.2) is 0 Å². The Labute approximate surface area is 120 Å². The Morgan fingerprint density at radius 3 is 2.44 bits per heavy atom. The highest BCUT2D eigenvalue weighted by molar-refractivity contribution is 9.10. The second-order valence-electron chi connectivity index (χ2n) is 4.05. The van der Waals surface area contributed by atoms with E-state index in [-0.39, 0.29) is 18.4 Å². The van der Waals surface area contributed by atoms with Crippen LogP contribution in [0.25, 0.3) is 0 Å². The Morgan fingerprint density at radius 1 is 1.28 bits per heavy atom. The molecule has 1 rings (SSSR count). The molecule has 0 aliphatic heterocycles. The van der Waals surface area contributed by atoms with Crippen LogP contribution in [-0.4, -0.2) is 49.3 Å². The molecule has 0 heterocycles. The summed E-state index contributed by atoms with van der Waals surface area (Å²) in [6.07, 6.45) is 0. The monoisotopic (exact) mass is 332 g/mol. The average molecular weight is 334 g/mol. The van der Waals surface area contributed by atoms with Crippen LogP contribution < -0.4 is 0 Å². The van der Waals surface area contributed by atoms with Crippen LogP contribution in [0.3, 0.4) is 0 Å². The summed E-state index contributed by atoms with van der Waals surface area (Å²) in [6.45, 7) is 0.0225. The topological polar surface area (TPSA) is 40.6 Å². The highest BCUT2D eigenvalue weighted by atomic mass is 79.9. The van der Waals surface area contributed by atoms with Gasteiger partial charge in [0, 0.05) is 25.6 Å². The second kappa shape index (κ2) is 6.20. The third-order valence-corrected chi connectivity index (χ3v) is 3.70. The molecular formula is C12H14BrClN2O2. The van der Waals surface area contributed by atoms with Crippen LogP contribution in [0.2, 0.25) is 5.02 Å². The molecule has 0 aliphatic carbocycles. The molecule has 0 spiro atoms. The van der Waals surface area contributed by atoms with E-state index in [1.807, 2.05) is 0 Å². The van der Waals surface area contributed by atoms with Crippen molar-refractivity contribution in [3.63, 3.8) is 0 Å². The Balaban J connectivity index is 2.87. The second-order valence-corrected chi connectivity index (χ2v) is 5.28. The molecule has 4 nitrogen and oxygen atoms in total. The van der Waals surface area contributed by atoms with E-state index in [1.54, 1.807) is 39.3 Å².